The Balaban J connectivity index is 1.92. The van der Waals surface area contributed by atoms with Gasteiger partial charge in [0.25, 0.3) is 0 Å². The SMILES string of the molecule is CCn1ccnc1NCCc1ccccc1OC. The molecular weight excluding hydrogens is 226 g/mol. The summed E-state index contributed by atoms with van der Waals surface area (Å²) >= 11 is 0. The number of nitrogens with zero attached hydrogens (tertiary/aromatic N) is 2. The molecule has 2 rings (SSSR count). The predicted octanol–water partition coefficient (Wildman–Crippen LogP) is 2.57. The Morgan fingerprint density at radius 2 is 2.17 bits per heavy atom. The van der Waals surface area contributed by atoms with Crippen LogP contribution in [-0.4, -0.2) is 23.2 Å². The zero-order valence-corrected chi connectivity index (χ0v) is 10.9. The number of benzene rings is 1. The van der Waals surface area contributed by atoms with Crippen LogP contribution >= 0.6 is 0 Å². The number of nitrogens with one attached hydrogen (secondary N) is 1. The van der Waals surface area contributed by atoms with Crippen molar-refractivity contribution in [2.45, 2.75) is 19.9 Å². The maximum absolute atomic E-state index is 5.33. The second-order valence-corrected chi connectivity index (χ2v) is 4.03. The van der Waals surface area contributed by atoms with Gasteiger partial charge >= 0.3 is 0 Å². The van der Waals surface area contributed by atoms with Crippen LogP contribution in [0.25, 0.3) is 0 Å². The van der Waals surface area contributed by atoms with Gasteiger partial charge in [0.2, 0.25) is 5.95 Å². The van der Waals surface area contributed by atoms with E-state index in [1.54, 1.807) is 7.11 Å². The average molecular weight is 245 g/mol. The lowest BCUT2D eigenvalue weighted by Crippen LogP contribution is -2.10. The van der Waals surface area contributed by atoms with Crippen LogP contribution in [0.3, 0.4) is 0 Å². The lowest BCUT2D eigenvalue weighted by atomic mass is 10.1. The molecule has 1 aromatic heterocycles. The minimum Gasteiger partial charge on any atom is -0.496 e. The minimum absolute atomic E-state index is 0.845. The van der Waals surface area contributed by atoms with E-state index in [-0.39, 0.29) is 0 Å². The standard InChI is InChI=1S/C14H19N3O/c1-3-17-11-10-16-14(17)15-9-8-12-6-4-5-7-13(12)18-2/h4-7,10-11H,3,8-9H2,1-2H3,(H,15,16). The van der Waals surface area contributed by atoms with Crippen LogP contribution in [0.2, 0.25) is 0 Å². The van der Waals surface area contributed by atoms with Crippen molar-refractivity contribution in [2.75, 3.05) is 19.0 Å². The Hall–Kier alpha value is -1.97. The topological polar surface area (TPSA) is 39.1 Å². The highest BCUT2D eigenvalue weighted by Gasteiger charge is 2.03. The normalized spacial score (nSPS) is 10.3. The van der Waals surface area contributed by atoms with Gasteiger partial charge in [-0.25, -0.2) is 4.98 Å². The van der Waals surface area contributed by atoms with E-state index in [4.69, 9.17) is 4.74 Å². The number of ether oxygens (including phenoxy) is 1. The molecule has 4 nitrogen and oxygen atoms in total. The fraction of sp³-hybridized carbons (Fsp3) is 0.357. The summed E-state index contributed by atoms with van der Waals surface area (Å²) < 4.78 is 7.41. The van der Waals surface area contributed by atoms with Gasteiger partial charge < -0.3 is 14.6 Å². The van der Waals surface area contributed by atoms with Gasteiger partial charge in [-0.1, -0.05) is 18.2 Å². The Bertz CT molecular complexity index is 493. The molecule has 0 unspecified atom stereocenters. The Kier molecular flexibility index (Phi) is 4.23. The maximum Gasteiger partial charge on any atom is 0.202 e. The van der Waals surface area contributed by atoms with Crippen LogP contribution in [-0.2, 0) is 13.0 Å². The first kappa shape index (κ1) is 12.5. The molecule has 4 heteroatoms. The van der Waals surface area contributed by atoms with E-state index in [0.29, 0.717) is 0 Å². The fourth-order valence-corrected chi connectivity index (χ4v) is 1.95. The van der Waals surface area contributed by atoms with E-state index >= 15 is 0 Å². The molecule has 0 spiro atoms. The molecule has 1 N–H and O–H groups in total. The maximum atomic E-state index is 5.33. The number of aromatic nitrogens is 2. The van der Waals surface area contributed by atoms with Gasteiger partial charge in [-0.3, -0.25) is 0 Å². The molecule has 2 aromatic rings. The molecule has 0 amide bonds. The number of hydrogen-bond donors (Lipinski definition) is 1. The monoisotopic (exact) mass is 245 g/mol. The van der Waals surface area contributed by atoms with Gasteiger partial charge in [0, 0.05) is 25.5 Å². The van der Waals surface area contributed by atoms with E-state index in [0.717, 1.165) is 31.2 Å². The van der Waals surface area contributed by atoms with Gasteiger partial charge in [0.1, 0.15) is 5.75 Å². The van der Waals surface area contributed by atoms with Crippen molar-refractivity contribution in [1.82, 2.24) is 9.55 Å². The van der Waals surface area contributed by atoms with Crippen molar-refractivity contribution in [3.05, 3.63) is 42.2 Å². The van der Waals surface area contributed by atoms with E-state index in [9.17, 15) is 0 Å². The molecule has 0 atom stereocenters. The van der Waals surface area contributed by atoms with Gasteiger partial charge in [-0.2, -0.15) is 0 Å². The largest absolute Gasteiger partial charge is 0.496 e. The first-order valence-corrected chi connectivity index (χ1v) is 6.22. The second kappa shape index (κ2) is 6.10. The summed E-state index contributed by atoms with van der Waals surface area (Å²) in [6, 6.07) is 8.10. The summed E-state index contributed by atoms with van der Waals surface area (Å²) in [5, 5.41) is 3.34. The van der Waals surface area contributed by atoms with E-state index in [2.05, 4.69) is 27.9 Å². The van der Waals surface area contributed by atoms with Crippen LogP contribution in [0, 0.1) is 0 Å². The van der Waals surface area contributed by atoms with Crippen LogP contribution in [0.5, 0.6) is 5.75 Å². The van der Waals surface area contributed by atoms with Crippen LogP contribution in [0.4, 0.5) is 5.95 Å². The molecule has 0 aliphatic carbocycles. The molecule has 0 saturated heterocycles. The summed E-state index contributed by atoms with van der Waals surface area (Å²) in [6.45, 7) is 3.88. The Labute approximate surface area is 108 Å². The Morgan fingerprint density at radius 3 is 2.94 bits per heavy atom. The van der Waals surface area contributed by atoms with Crippen LogP contribution in [0.1, 0.15) is 12.5 Å². The van der Waals surface area contributed by atoms with E-state index in [1.165, 1.54) is 5.56 Å². The second-order valence-electron chi connectivity index (χ2n) is 4.03. The summed E-state index contributed by atoms with van der Waals surface area (Å²) in [4.78, 5) is 4.28. The summed E-state index contributed by atoms with van der Waals surface area (Å²) in [5.41, 5.74) is 1.21. The first-order chi connectivity index (χ1) is 8.85. The Morgan fingerprint density at radius 1 is 1.33 bits per heavy atom. The number of methoxy groups -OCH3 is 1. The van der Waals surface area contributed by atoms with Gasteiger partial charge in [-0.15, -0.1) is 0 Å². The molecule has 96 valence electrons. The lowest BCUT2D eigenvalue weighted by molar-refractivity contribution is 0.410. The predicted molar refractivity (Wildman–Crippen MR) is 73.1 cm³/mol. The molecule has 0 bridgehead atoms. The molecule has 0 radical (unpaired) electrons. The first-order valence-electron chi connectivity index (χ1n) is 6.22. The lowest BCUT2D eigenvalue weighted by Gasteiger charge is -2.10. The molecule has 1 aromatic carbocycles. The molecule has 1 heterocycles. The third kappa shape index (κ3) is 2.83. The summed E-state index contributed by atoms with van der Waals surface area (Å²) in [6.07, 6.45) is 4.71. The summed E-state index contributed by atoms with van der Waals surface area (Å²) in [5.74, 6) is 1.87. The number of imidazole rings is 1. The number of rotatable bonds is 6. The zero-order valence-electron chi connectivity index (χ0n) is 10.9. The summed E-state index contributed by atoms with van der Waals surface area (Å²) in [7, 11) is 1.70. The highest BCUT2D eigenvalue weighted by molar-refractivity contribution is 5.34. The third-order valence-electron chi connectivity index (χ3n) is 2.93. The molecule has 0 saturated carbocycles. The molecular formula is C14H19N3O. The number of hydrogen-bond acceptors (Lipinski definition) is 3. The molecule has 18 heavy (non-hydrogen) atoms. The number of para-hydroxylation sites is 1. The van der Waals surface area contributed by atoms with Gasteiger partial charge in [0.15, 0.2) is 0 Å². The average Bonchev–Trinajstić information content (AvgIpc) is 2.87. The number of anilines is 1. The van der Waals surface area contributed by atoms with Crippen molar-refractivity contribution in [2.24, 2.45) is 0 Å². The van der Waals surface area contributed by atoms with E-state index < -0.39 is 0 Å². The third-order valence-corrected chi connectivity index (χ3v) is 2.93. The molecule has 0 fully saturated rings. The van der Waals surface area contributed by atoms with Gasteiger partial charge in [-0.05, 0) is 25.0 Å². The highest BCUT2D eigenvalue weighted by Crippen LogP contribution is 2.17. The quantitative estimate of drug-likeness (QED) is 0.850. The number of aryl methyl sites for hydroxylation is 1. The van der Waals surface area contributed by atoms with Crippen molar-refractivity contribution >= 4 is 5.95 Å². The molecule has 0 aliphatic heterocycles. The highest BCUT2D eigenvalue weighted by atomic mass is 16.5. The smallest absolute Gasteiger partial charge is 0.202 e. The fourth-order valence-electron chi connectivity index (χ4n) is 1.95. The van der Waals surface area contributed by atoms with Crippen molar-refractivity contribution in [3.63, 3.8) is 0 Å². The minimum atomic E-state index is 0.845. The van der Waals surface area contributed by atoms with E-state index in [1.807, 2.05) is 30.6 Å². The van der Waals surface area contributed by atoms with Gasteiger partial charge in [0.05, 0.1) is 7.11 Å². The van der Waals surface area contributed by atoms with Crippen LogP contribution in [0.15, 0.2) is 36.7 Å². The van der Waals surface area contributed by atoms with Crippen LogP contribution < -0.4 is 10.1 Å². The van der Waals surface area contributed by atoms with Crippen molar-refractivity contribution in [1.29, 1.82) is 0 Å². The zero-order chi connectivity index (χ0) is 12.8. The molecule has 0 aliphatic rings. The van der Waals surface area contributed by atoms with Crippen molar-refractivity contribution in [3.8, 4) is 5.75 Å². The van der Waals surface area contributed by atoms with Crippen molar-refractivity contribution < 1.29 is 4.74 Å².